The van der Waals surface area contributed by atoms with E-state index in [2.05, 4.69) is 15.5 Å². The number of nitriles is 1. The minimum atomic E-state index is -1.08. The summed E-state index contributed by atoms with van der Waals surface area (Å²) in [4.78, 5) is 11.5. The van der Waals surface area contributed by atoms with Crippen LogP contribution in [0.2, 0.25) is 0 Å². The van der Waals surface area contributed by atoms with E-state index in [-0.39, 0.29) is 0 Å². The van der Waals surface area contributed by atoms with Crippen LogP contribution in [0.5, 0.6) is 0 Å². The van der Waals surface area contributed by atoms with Gasteiger partial charge in [-0.3, -0.25) is 4.79 Å². The van der Waals surface area contributed by atoms with Crippen molar-refractivity contribution >= 4 is 11.6 Å². The molecule has 5 nitrogen and oxygen atoms in total. The van der Waals surface area contributed by atoms with Crippen LogP contribution in [-0.2, 0) is 4.79 Å². The Kier molecular flexibility index (Phi) is 5.38. The van der Waals surface area contributed by atoms with E-state index in [1.807, 2.05) is 31.2 Å². The van der Waals surface area contributed by atoms with Crippen molar-refractivity contribution in [2.45, 2.75) is 19.4 Å². The van der Waals surface area contributed by atoms with E-state index in [1.54, 1.807) is 12.1 Å². The van der Waals surface area contributed by atoms with E-state index in [4.69, 9.17) is 5.26 Å². The Labute approximate surface area is 100 Å². The average Bonchev–Trinajstić information content (AvgIpc) is 2.38. The van der Waals surface area contributed by atoms with Gasteiger partial charge in [0.2, 0.25) is 6.04 Å². The molecule has 1 unspecified atom stereocenters. The lowest BCUT2D eigenvalue weighted by atomic mass is 10.3. The first kappa shape index (κ1) is 12.8. The highest BCUT2D eigenvalue weighted by Gasteiger charge is 2.15. The van der Waals surface area contributed by atoms with Gasteiger partial charge in [-0.25, -0.2) is 0 Å². The molecule has 0 aliphatic rings. The third-order valence-electron chi connectivity index (χ3n) is 1.96. The summed E-state index contributed by atoms with van der Waals surface area (Å²) < 4.78 is 0. The summed E-state index contributed by atoms with van der Waals surface area (Å²) in [6.07, 6.45) is 0.819. The molecule has 88 valence electrons. The molecular weight excluding hydrogens is 216 g/mol. The molecule has 1 aromatic carbocycles. The van der Waals surface area contributed by atoms with Crippen molar-refractivity contribution in [3.05, 3.63) is 30.3 Å². The Morgan fingerprint density at radius 1 is 1.47 bits per heavy atom. The lowest BCUT2D eigenvalue weighted by molar-refractivity contribution is -0.121. The Bertz CT molecular complexity index is 422. The van der Waals surface area contributed by atoms with Gasteiger partial charge in [0.15, 0.2) is 0 Å². The van der Waals surface area contributed by atoms with Crippen molar-refractivity contribution in [2.75, 3.05) is 6.54 Å². The summed E-state index contributed by atoms with van der Waals surface area (Å²) in [7, 11) is 0. The van der Waals surface area contributed by atoms with E-state index in [0.717, 1.165) is 6.42 Å². The summed E-state index contributed by atoms with van der Waals surface area (Å²) in [6, 6.07) is 9.71. The molecule has 0 fully saturated rings. The van der Waals surface area contributed by atoms with Gasteiger partial charge in [0, 0.05) is 6.54 Å². The third-order valence-corrected chi connectivity index (χ3v) is 1.96. The second kappa shape index (κ2) is 7.12. The minimum Gasteiger partial charge on any atom is -0.353 e. The third kappa shape index (κ3) is 4.43. The van der Waals surface area contributed by atoms with E-state index in [0.29, 0.717) is 12.2 Å². The predicted octanol–water partition coefficient (Wildman–Crippen LogP) is 2.19. The van der Waals surface area contributed by atoms with Gasteiger partial charge in [-0.1, -0.05) is 25.1 Å². The highest BCUT2D eigenvalue weighted by molar-refractivity contribution is 5.84. The van der Waals surface area contributed by atoms with Gasteiger partial charge in [0.25, 0.3) is 5.91 Å². The number of amides is 1. The molecule has 0 aliphatic carbocycles. The largest absolute Gasteiger partial charge is 0.353 e. The van der Waals surface area contributed by atoms with Crippen LogP contribution in [0.4, 0.5) is 5.69 Å². The minimum absolute atomic E-state index is 0.408. The summed E-state index contributed by atoms with van der Waals surface area (Å²) in [5.74, 6) is -0.408. The smallest absolute Gasteiger partial charge is 0.261 e. The summed E-state index contributed by atoms with van der Waals surface area (Å²) in [5.41, 5.74) is 0.621. The average molecular weight is 230 g/mol. The molecule has 0 bridgehead atoms. The number of azo groups is 1. The summed E-state index contributed by atoms with van der Waals surface area (Å²) in [6.45, 7) is 2.48. The van der Waals surface area contributed by atoms with Crippen molar-refractivity contribution < 1.29 is 4.79 Å². The van der Waals surface area contributed by atoms with Gasteiger partial charge in [0.05, 0.1) is 5.69 Å². The first-order chi connectivity index (χ1) is 8.27. The van der Waals surface area contributed by atoms with Crippen molar-refractivity contribution in [2.24, 2.45) is 10.2 Å². The van der Waals surface area contributed by atoms with Gasteiger partial charge < -0.3 is 5.32 Å². The van der Waals surface area contributed by atoms with E-state index in [9.17, 15) is 4.79 Å². The number of hydrogen-bond acceptors (Lipinski definition) is 4. The van der Waals surface area contributed by atoms with Crippen molar-refractivity contribution in [1.29, 1.82) is 5.26 Å². The lowest BCUT2D eigenvalue weighted by Crippen LogP contribution is -2.32. The molecule has 0 spiro atoms. The maximum atomic E-state index is 11.5. The second-order valence-corrected chi connectivity index (χ2v) is 3.37. The van der Waals surface area contributed by atoms with Crippen LogP contribution in [0.25, 0.3) is 0 Å². The highest BCUT2D eigenvalue weighted by Crippen LogP contribution is 2.11. The number of rotatable bonds is 5. The maximum Gasteiger partial charge on any atom is 0.261 e. The van der Waals surface area contributed by atoms with Crippen molar-refractivity contribution in [3.63, 3.8) is 0 Å². The molecule has 0 saturated heterocycles. The molecule has 0 aromatic heterocycles. The molecule has 17 heavy (non-hydrogen) atoms. The molecule has 1 atom stereocenters. The fourth-order valence-electron chi connectivity index (χ4n) is 1.10. The molecule has 1 N–H and O–H groups in total. The molecule has 1 rings (SSSR count). The molecule has 0 aliphatic heterocycles. The summed E-state index contributed by atoms with van der Waals surface area (Å²) >= 11 is 0. The molecule has 1 aromatic rings. The monoisotopic (exact) mass is 230 g/mol. The number of carbonyl (C=O) groups excluding carboxylic acids is 1. The van der Waals surface area contributed by atoms with Gasteiger partial charge in [-0.15, -0.1) is 0 Å². The number of nitrogens with zero attached hydrogens (tertiary/aromatic N) is 3. The first-order valence-electron chi connectivity index (χ1n) is 5.41. The Morgan fingerprint density at radius 2 is 2.18 bits per heavy atom. The molecule has 1 amide bonds. The molecular formula is C12H14N4O. The number of nitrogens with one attached hydrogen (secondary N) is 1. The van der Waals surface area contributed by atoms with E-state index >= 15 is 0 Å². The zero-order valence-electron chi connectivity index (χ0n) is 9.63. The first-order valence-corrected chi connectivity index (χ1v) is 5.41. The van der Waals surface area contributed by atoms with Crippen LogP contribution >= 0.6 is 0 Å². The molecule has 0 saturated carbocycles. The van der Waals surface area contributed by atoms with Crippen molar-refractivity contribution in [1.82, 2.24) is 5.32 Å². The van der Waals surface area contributed by atoms with Gasteiger partial charge in [-0.05, 0) is 18.6 Å². The van der Waals surface area contributed by atoms with Crippen LogP contribution < -0.4 is 5.32 Å². The molecule has 0 heterocycles. The quantitative estimate of drug-likeness (QED) is 0.787. The standard InChI is InChI=1S/C12H14N4O/c1-2-8-14-12(17)11(9-13)16-15-10-6-4-3-5-7-10/h3-7,11H,2,8H2,1H3,(H,14,17). The number of carbonyl (C=O) groups is 1. The van der Waals surface area contributed by atoms with E-state index in [1.165, 1.54) is 0 Å². The topological polar surface area (TPSA) is 77.6 Å². The van der Waals surface area contributed by atoms with Crippen LogP contribution in [0.15, 0.2) is 40.6 Å². The second-order valence-electron chi connectivity index (χ2n) is 3.37. The number of benzene rings is 1. The van der Waals surface area contributed by atoms with Crippen LogP contribution in [0.1, 0.15) is 13.3 Å². The zero-order chi connectivity index (χ0) is 12.5. The summed E-state index contributed by atoms with van der Waals surface area (Å²) in [5, 5.41) is 19.0. The number of hydrogen-bond donors (Lipinski definition) is 1. The SMILES string of the molecule is CCCNC(=O)C(C#N)N=Nc1ccccc1. The molecule has 0 radical (unpaired) electrons. The zero-order valence-corrected chi connectivity index (χ0v) is 9.63. The van der Waals surface area contributed by atoms with Crippen LogP contribution in [0.3, 0.4) is 0 Å². The lowest BCUT2D eigenvalue weighted by Gasteiger charge is -2.03. The molecule has 5 heteroatoms. The van der Waals surface area contributed by atoms with Crippen LogP contribution in [0, 0.1) is 11.3 Å². The van der Waals surface area contributed by atoms with Gasteiger partial charge >= 0.3 is 0 Å². The fourth-order valence-corrected chi connectivity index (χ4v) is 1.10. The Hall–Kier alpha value is -2.22. The van der Waals surface area contributed by atoms with Crippen molar-refractivity contribution in [3.8, 4) is 6.07 Å². The highest BCUT2D eigenvalue weighted by atomic mass is 16.2. The van der Waals surface area contributed by atoms with Crippen LogP contribution in [-0.4, -0.2) is 18.5 Å². The van der Waals surface area contributed by atoms with Gasteiger partial charge in [0.1, 0.15) is 6.07 Å². The normalized spacial score (nSPS) is 12.0. The Morgan fingerprint density at radius 3 is 2.76 bits per heavy atom. The maximum absolute atomic E-state index is 11.5. The van der Waals surface area contributed by atoms with E-state index < -0.39 is 11.9 Å². The Balaban J connectivity index is 2.61. The fraction of sp³-hybridized carbons (Fsp3) is 0.333. The predicted molar refractivity (Wildman–Crippen MR) is 63.7 cm³/mol. The van der Waals surface area contributed by atoms with Gasteiger partial charge in [-0.2, -0.15) is 15.5 Å².